The molecule has 1 amide bonds. The molecule has 0 spiro atoms. The number of halogens is 3. The van der Waals surface area contributed by atoms with E-state index in [1.165, 1.54) is 48.5 Å². The second-order valence-corrected chi connectivity index (χ2v) is 8.41. The lowest BCUT2D eigenvalue weighted by molar-refractivity contribution is -0.117. The van der Waals surface area contributed by atoms with E-state index in [2.05, 4.69) is 15.9 Å². The van der Waals surface area contributed by atoms with Gasteiger partial charge >= 0.3 is 0 Å². The third-order valence-electron chi connectivity index (χ3n) is 5.43. The highest BCUT2D eigenvalue weighted by molar-refractivity contribution is 9.10. The number of fused-ring (bicyclic) bond motifs is 1. The molecule has 33 heavy (non-hydrogen) atoms. The number of amides is 1. The van der Waals surface area contributed by atoms with E-state index in [0.29, 0.717) is 16.5 Å². The fourth-order valence-corrected chi connectivity index (χ4v) is 4.33. The summed E-state index contributed by atoms with van der Waals surface area (Å²) in [6.45, 7) is 0. The van der Waals surface area contributed by atoms with Gasteiger partial charge in [-0.05, 0) is 60.2 Å². The summed E-state index contributed by atoms with van der Waals surface area (Å²) in [5.74, 6) is -3.55. The Kier molecular flexibility index (Phi) is 5.09. The van der Waals surface area contributed by atoms with Crippen LogP contribution in [0.15, 0.2) is 93.0 Å². The average molecular weight is 510 g/mol. The molecule has 0 bridgehead atoms. The summed E-state index contributed by atoms with van der Waals surface area (Å²) in [4.78, 5) is 27.7. The maximum absolute atomic E-state index is 13.9. The lowest BCUT2D eigenvalue weighted by Gasteiger charge is -2.26. The SMILES string of the molecule is O=C(C1=C(O)C(=O)N(c2cccc(F)c2)C1c1ccc(F)cc1)c1cc2cc(Br)ccc2o1. The van der Waals surface area contributed by atoms with E-state index in [4.69, 9.17) is 4.42 Å². The van der Waals surface area contributed by atoms with Crippen molar-refractivity contribution in [3.63, 3.8) is 0 Å². The first kappa shape index (κ1) is 21.1. The van der Waals surface area contributed by atoms with Gasteiger partial charge in [0.2, 0.25) is 5.78 Å². The van der Waals surface area contributed by atoms with Gasteiger partial charge in [0.15, 0.2) is 11.5 Å². The summed E-state index contributed by atoms with van der Waals surface area (Å²) in [5, 5.41) is 11.4. The van der Waals surface area contributed by atoms with E-state index >= 15 is 0 Å². The number of benzene rings is 3. The van der Waals surface area contributed by atoms with Crippen molar-refractivity contribution in [3.8, 4) is 0 Å². The van der Waals surface area contributed by atoms with Crippen molar-refractivity contribution in [2.24, 2.45) is 0 Å². The Bertz CT molecular complexity index is 1460. The Hall–Kier alpha value is -3.78. The van der Waals surface area contributed by atoms with E-state index in [1.54, 1.807) is 18.2 Å². The van der Waals surface area contributed by atoms with E-state index in [1.807, 2.05) is 0 Å². The number of hydrogen-bond acceptors (Lipinski definition) is 4. The minimum atomic E-state index is -1.12. The number of carbonyl (C=O) groups excluding carboxylic acids is 2. The van der Waals surface area contributed by atoms with E-state index in [0.717, 1.165) is 15.4 Å². The van der Waals surface area contributed by atoms with Gasteiger partial charge in [-0.2, -0.15) is 0 Å². The first-order valence-corrected chi connectivity index (χ1v) is 10.6. The number of carbonyl (C=O) groups is 2. The van der Waals surface area contributed by atoms with Crippen LogP contribution < -0.4 is 4.90 Å². The van der Waals surface area contributed by atoms with Crippen molar-refractivity contribution in [3.05, 3.63) is 112 Å². The molecule has 2 heterocycles. The number of ketones is 1. The van der Waals surface area contributed by atoms with Gasteiger partial charge in [0, 0.05) is 15.5 Å². The topological polar surface area (TPSA) is 70.8 Å². The summed E-state index contributed by atoms with van der Waals surface area (Å²) in [7, 11) is 0. The summed E-state index contributed by atoms with van der Waals surface area (Å²) < 4.78 is 34.0. The Morgan fingerprint density at radius 3 is 2.45 bits per heavy atom. The van der Waals surface area contributed by atoms with Crippen LogP contribution in [0.1, 0.15) is 22.2 Å². The lowest BCUT2D eigenvalue weighted by atomic mass is 9.94. The van der Waals surface area contributed by atoms with Crippen molar-refractivity contribution >= 4 is 44.3 Å². The number of hydrogen-bond donors (Lipinski definition) is 1. The van der Waals surface area contributed by atoms with Crippen LogP contribution in [0.2, 0.25) is 0 Å². The number of Topliss-reactive ketones (excluding diaryl/α,β-unsaturated/α-hetero) is 1. The van der Waals surface area contributed by atoms with Gasteiger partial charge in [-0.1, -0.05) is 34.1 Å². The van der Waals surface area contributed by atoms with Gasteiger partial charge in [0.05, 0.1) is 11.6 Å². The highest BCUT2D eigenvalue weighted by Crippen LogP contribution is 2.42. The molecule has 1 atom stereocenters. The van der Waals surface area contributed by atoms with Gasteiger partial charge in [-0.15, -0.1) is 0 Å². The second-order valence-electron chi connectivity index (χ2n) is 7.49. The van der Waals surface area contributed by atoms with Gasteiger partial charge in [0.25, 0.3) is 5.91 Å². The number of furan rings is 1. The zero-order chi connectivity index (χ0) is 23.3. The number of aliphatic hydroxyl groups is 1. The summed E-state index contributed by atoms with van der Waals surface area (Å²) in [5.41, 5.74) is 0.706. The molecule has 1 aliphatic rings. The van der Waals surface area contributed by atoms with Crippen LogP contribution in [-0.4, -0.2) is 16.8 Å². The average Bonchev–Trinajstić information content (AvgIpc) is 3.32. The molecule has 0 radical (unpaired) electrons. The third kappa shape index (κ3) is 3.62. The second kappa shape index (κ2) is 7.97. The largest absolute Gasteiger partial charge is 0.503 e. The van der Waals surface area contributed by atoms with Gasteiger partial charge in [-0.3, -0.25) is 14.5 Å². The normalized spacial score (nSPS) is 16.2. The van der Waals surface area contributed by atoms with Crippen LogP contribution in [0.25, 0.3) is 11.0 Å². The standard InChI is InChI=1S/C25H14BrF2NO4/c26-15-6-9-19-14(10-15)11-20(33-19)23(30)21-22(13-4-7-16(27)8-5-13)29(25(32)24(21)31)18-3-1-2-17(28)12-18/h1-12,22,31H. The highest BCUT2D eigenvalue weighted by Gasteiger charge is 2.45. The van der Waals surface area contributed by atoms with E-state index in [-0.39, 0.29) is 17.0 Å². The number of anilines is 1. The minimum absolute atomic E-state index is 0.0781. The first-order chi connectivity index (χ1) is 15.8. The van der Waals surface area contributed by atoms with Crippen LogP contribution >= 0.6 is 15.9 Å². The molecule has 4 aromatic rings. The van der Waals surface area contributed by atoms with E-state index in [9.17, 15) is 23.5 Å². The molecule has 0 saturated heterocycles. The molecule has 164 valence electrons. The predicted octanol–water partition coefficient (Wildman–Crippen LogP) is 6.26. The van der Waals surface area contributed by atoms with Crippen molar-refractivity contribution in [2.45, 2.75) is 6.04 Å². The van der Waals surface area contributed by atoms with Crippen molar-refractivity contribution < 1.29 is 27.9 Å². The van der Waals surface area contributed by atoms with Gasteiger partial charge in [0.1, 0.15) is 17.2 Å². The monoisotopic (exact) mass is 509 g/mol. The van der Waals surface area contributed by atoms with Crippen molar-refractivity contribution in [1.29, 1.82) is 0 Å². The Balaban J connectivity index is 1.66. The van der Waals surface area contributed by atoms with Crippen LogP contribution in [0.3, 0.4) is 0 Å². The molecule has 0 fully saturated rings. The lowest BCUT2D eigenvalue weighted by Crippen LogP contribution is -2.31. The van der Waals surface area contributed by atoms with Crippen LogP contribution in [0.4, 0.5) is 14.5 Å². The fraction of sp³-hybridized carbons (Fsp3) is 0.0400. The summed E-state index contributed by atoms with van der Waals surface area (Å²) in [6, 6.07) is 16.0. The summed E-state index contributed by atoms with van der Waals surface area (Å²) in [6.07, 6.45) is 0. The molecular formula is C25H14BrF2NO4. The van der Waals surface area contributed by atoms with Crippen molar-refractivity contribution in [1.82, 2.24) is 0 Å². The quantitative estimate of drug-likeness (QED) is 0.329. The Morgan fingerprint density at radius 1 is 0.970 bits per heavy atom. The van der Waals surface area contributed by atoms with Gasteiger partial charge in [-0.25, -0.2) is 8.78 Å². The molecule has 8 heteroatoms. The molecule has 1 unspecified atom stereocenters. The zero-order valence-corrected chi connectivity index (χ0v) is 18.3. The van der Waals surface area contributed by atoms with Crippen LogP contribution in [0.5, 0.6) is 0 Å². The predicted molar refractivity (Wildman–Crippen MR) is 121 cm³/mol. The third-order valence-corrected chi connectivity index (χ3v) is 5.92. The number of aliphatic hydroxyl groups excluding tert-OH is 1. The summed E-state index contributed by atoms with van der Waals surface area (Å²) >= 11 is 3.36. The molecule has 5 nitrogen and oxygen atoms in total. The van der Waals surface area contributed by atoms with Crippen LogP contribution in [0, 0.1) is 11.6 Å². The van der Waals surface area contributed by atoms with Crippen molar-refractivity contribution in [2.75, 3.05) is 4.90 Å². The Labute approximate surface area is 194 Å². The molecule has 0 aliphatic carbocycles. The zero-order valence-electron chi connectivity index (χ0n) is 16.8. The molecule has 1 aromatic heterocycles. The smallest absolute Gasteiger partial charge is 0.294 e. The molecular weight excluding hydrogens is 496 g/mol. The first-order valence-electron chi connectivity index (χ1n) is 9.85. The molecule has 1 N–H and O–H groups in total. The fourth-order valence-electron chi connectivity index (χ4n) is 3.95. The maximum Gasteiger partial charge on any atom is 0.294 e. The molecule has 1 aliphatic heterocycles. The molecule has 0 saturated carbocycles. The minimum Gasteiger partial charge on any atom is -0.503 e. The molecule has 3 aromatic carbocycles. The number of nitrogens with zero attached hydrogens (tertiary/aromatic N) is 1. The maximum atomic E-state index is 13.9. The highest BCUT2D eigenvalue weighted by atomic mass is 79.9. The van der Waals surface area contributed by atoms with Gasteiger partial charge < -0.3 is 9.52 Å². The van der Waals surface area contributed by atoms with E-state index < -0.39 is 35.1 Å². The number of rotatable bonds is 4. The molecule has 5 rings (SSSR count). The van der Waals surface area contributed by atoms with Crippen LogP contribution in [-0.2, 0) is 4.79 Å². The Morgan fingerprint density at radius 2 is 1.73 bits per heavy atom.